The van der Waals surface area contributed by atoms with Crippen LogP contribution in [0.3, 0.4) is 0 Å². The molecule has 1 fully saturated rings. The lowest BCUT2D eigenvalue weighted by Crippen LogP contribution is -2.59. The van der Waals surface area contributed by atoms with Gasteiger partial charge in [0.1, 0.15) is 11.8 Å². The average Bonchev–Trinajstić information content (AvgIpc) is 2.45. The molecule has 20 heavy (non-hydrogen) atoms. The second kappa shape index (κ2) is 6.29. The maximum atomic E-state index is 12.3. The van der Waals surface area contributed by atoms with Gasteiger partial charge in [-0.3, -0.25) is 15.0 Å². The van der Waals surface area contributed by atoms with Crippen molar-refractivity contribution in [3.05, 3.63) is 30.3 Å². The molecule has 0 aliphatic carbocycles. The number of carbonyl (C=O) groups excluding carboxylic acids is 2. The smallest absolute Gasteiger partial charge is 0.329 e. The molecule has 6 heteroatoms. The summed E-state index contributed by atoms with van der Waals surface area (Å²) in [7, 11) is 0. The van der Waals surface area contributed by atoms with Crippen molar-refractivity contribution in [3.63, 3.8) is 0 Å². The summed E-state index contributed by atoms with van der Waals surface area (Å²) in [6.45, 7) is 2.41. The lowest BCUT2D eigenvalue weighted by Gasteiger charge is -2.31. The highest BCUT2D eigenvalue weighted by Crippen LogP contribution is 2.16. The van der Waals surface area contributed by atoms with Crippen LogP contribution in [0.5, 0.6) is 0 Å². The van der Waals surface area contributed by atoms with Crippen molar-refractivity contribution < 1.29 is 9.59 Å². The van der Waals surface area contributed by atoms with Crippen LogP contribution in [-0.4, -0.2) is 35.8 Å². The highest BCUT2D eigenvalue weighted by molar-refractivity contribution is 6.18. The van der Waals surface area contributed by atoms with Crippen LogP contribution in [0, 0.1) is 5.92 Å². The molecule has 1 aromatic rings. The van der Waals surface area contributed by atoms with Crippen molar-refractivity contribution in [2.24, 2.45) is 16.6 Å². The van der Waals surface area contributed by atoms with Gasteiger partial charge in [-0.1, -0.05) is 25.1 Å². The van der Waals surface area contributed by atoms with Gasteiger partial charge in [-0.25, -0.2) is 9.79 Å². The number of amides is 3. The highest BCUT2D eigenvalue weighted by Gasteiger charge is 2.37. The highest BCUT2D eigenvalue weighted by atomic mass is 16.2. The Morgan fingerprint density at radius 3 is 2.60 bits per heavy atom. The Labute approximate surface area is 117 Å². The van der Waals surface area contributed by atoms with Crippen molar-refractivity contribution in [1.29, 1.82) is 0 Å². The first-order valence-electron chi connectivity index (χ1n) is 6.63. The molecular formula is C14H18N4O2. The van der Waals surface area contributed by atoms with Crippen LogP contribution in [0.15, 0.2) is 35.3 Å². The van der Waals surface area contributed by atoms with E-state index in [1.54, 1.807) is 12.1 Å². The number of para-hydroxylation sites is 1. The van der Waals surface area contributed by atoms with E-state index in [4.69, 9.17) is 5.73 Å². The van der Waals surface area contributed by atoms with Crippen molar-refractivity contribution in [3.8, 4) is 0 Å². The molecule has 0 bridgehead atoms. The number of aliphatic imine (C=N–C) groups is 1. The molecule has 0 radical (unpaired) electrons. The molecule has 1 saturated heterocycles. The van der Waals surface area contributed by atoms with Crippen molar-refractivity contribution >= 4 is 23.5 Å². The molecule has 106 valence electrons. The number of carbonyl (C=O) groups is 2. The third kappa shape index (κ3) is 2.85. The monoisotopic (exact) mass is 274 g/mol. The van der Waals surface area contributed by atoms with Crippen molar-refractivity contribution in [2.45, 2.75) is 13.3 Å². The molecule has 0 saturated carbocycles. The number of nitrogens with two attached hydrogens (primary N) is 1. The van der Waals surface area contributed by atoms with E-state index >= 15 is 0 Å². The van der Waals surface area contributed by atoms with Crippen LogP contribution in [0.2, 0.25) is 0 Å². The molecule has 2 rings (SSSR count). The minimum absolute atomic E-state index is 0.116. The van der Waals surface area contributed by atoms with E-state index in [-0.39, 0.29) is 12.5 Å². The second-order valence-electron chi connectivity index (χ2n) is 4.54. The quantitative estimate of drug-likeness (QED) is 0.866. The number of hydrogen-bond acceptors (Lipinski definition) is 4. The molecule has 1 unspecified atom stereocenters. The molecule has 1 atom stereocenters. The van der Waals surface area contributed by atoms with E-state index in [1.807, 2.05) is 25.1 Å². The predicted octanol–water partition coefficient (Wildman–Crippen LogP) is 1.25. The summed E-state index contributed by atoms with van der Waals surface area (Å²) in [4.78, 5) is 29.7. The number of hydrogen-bond donors (Lipinski definition) is 2. The Morgan fingerprint density at radius 2 is 2.00 bits per heavy atom. The van der Waals surface area contributed by atoms with Gasteiger partial charge in [0.15, 0.2) is 0 Å². The Morgan fingerprint density at radius 1 is 1.30 bits per heavy atom. The number of amidine groups is 1. The maximum Gasteiger partial charge on any atom is 0.329 e. The lowest BCUT2D eigenvalue weighted by atomic mass is 10.0. The van der Waals surface area contributed by atoms with Crippen LogP contribution in [-0.2, 0) is 4.79 Å². The molecule has 1 aliphatic rings. The molecule has 3 amide bonds. The van der Waals surface area contributed by atoms with Crippen LogP contribution >= 0.6 is 0 Å². The minimum Gasteiger partial charge on any atom is -0.329 e. The fourth-order valence-electron chi connectivity index (χ4n) is 2.06. The van der Waals surface area contributed by atoms with Gasteiger partial charge in [-0.15, -0.1) is 0 Å². The summed E-state index contributed by atoms with van der Waals surface area (Å²) >= 11 is 0. The van der Waals surface area contributed by atoms with Gasteiger partial charge in [0.05, 0.1) is 5.69 Å². The summed E-state index contributed by atoms with van der Waals surface area (Å²) in [6, 6.07) is 8.72. The third-order valence-corrected chi connectivity index (χ3v) is 3.06. The molecular weight excluding hydrogens is 256 g/mol. The predicted molar refractivity (Wildman–Crippen MR) is 76.6 cm³/mol. The molecule has 1 heterocycles. The number of rotatable bonds is 4. The molecule has 1 aromatic carbocycles. The Bertz CT molecular complexity index is 527. The summed E-state index contributed by atoms with van der Waals surface area (Å²) in [5.41, 5.74) is 6.34. The standard InChI is InChI=1S/C14H18N4O2/c1-2-8-18-13(19)11(9-15)12(17-14(18)20)16-10-6-4-3-5-7-10/h3-7,11H,2,8-9,15H2,1H3,(H,16,17,20). The molecule has 1 aliphatic heterocycles. The van der Waals surface area contributed by atoms with Gasteiger partial charge in [0, 0.05) is 13.1 Å². The van der Waals surface area contributed by atoms with E-state index in [0.717, 1.165) is 0 Å². The zero-order valence-corrected chi connectivity index (χ0v) is 11.4. The molecule has 6 nitrogen and oxygen atoms in total. The summed E-state index contributed by atoms with van der Waals surface area (Å²) < 4.78 is 0. The zero-order valence-electron chi connectivity index (χ0n) is 11.4. The zero-order chi connectivity index (χ0) is 14.5. The number of benzene rings is 1. The SMILES string of the molecule is CCCN1C(=O)NC(=Nc2ccccc2)C(CN)C1=O. The minimum atomic E-state index is -0.598. The molecule has 0 aromatic heterocycles. The summed E-state index contributed by atoms with van der Waals surface area (Å²) in [5.74, 6) is -0.562. The van der Waals surface area contributed by atoms with Crippen LogP contribution < -0.4 is 11.1 Å². The number of nitrogens with one attached hydrogen (secondary N) is 1. The normalized spacial score (nSPS) is 21.2. The van der Waals surface area contributed by atoms with Gasteiger partial charge >= 0.3 is 6.03 Å². The average molecular weight is 274 g/mol. The van der Waals surface area contributed by atoms with Gasteiger partial charge in [0.2, 0.25) is 5.91 Å². The van der Waals surface area contributed by atoms with Crippen molar-refractivity contribution in [2.75, 3.05) is 13.1 Å². The Balaban J connectivity index is 2.29. The van der Waals surface area contributed by atoms with Gasteiger partial charge in [0.25, 0.3) is 0 Å². The first-order valence-corrected chi connectivity index (χ1v) is 6.63. The fourth-order valence-corrected chi connectivity index (χ4v) is 2.06. The fraction of sp³-hybridized carbons (Fsp3) is 0.357. The summed E-state index contributed by atoms with van der Waals surface area (Å²) in [5, 5.41) is 2.67. The first kappa shape index (κ1) is 14.2. The van der Waals surface area contributed by atoms with Crippen LogP contribution in [0.25, 0.3) is 0 Å². The van der Waals surface area contributed by atoms with E-state index in [2.05, 4.69) is 10.3 Å². The maximum absolute atomic E-state index is 12.3. The first-order chi connectivity index (χ1) is 9.67. The van der Waals surface area contributed by atoms with Gasteiger partial charge < -0.3 is 5.73 Å². The van der Waals surface area contributed by atoms with Gasteiger partial charge in [-0.2, -0.15) is 0 Å². The number of imide groups is 1. The Hall–Kier alpha value is -2.21. The molecule has 3 N–H and O–H groups in total. The van der Waals surface area contributed by atoms with Crippen LogP contribution in [0.4, 0.5) is 10.5 Å². The lowest BCUT2D eigenvalue weighted by molar-refractivity contribution is -0.130. The largest absolute Gasteiger partial charge is 0.329 e. The van der Waals surface area contributed by atoms with Crippen molar-refractivity contribution in [1.82, 2.24) is 10.2 Å². The van der Waals surface area contributed by atoms with E-state index < -0.39 is 11.9 Å². The second-order valence-corrected chi connectivity index (χ2v) is 4.54. The van der Waals surface area contributed by atoms with Crippen LogP contribution in [0.1, 0.15) is 13.3 Å². The summed E-state index contributed by atoms with van der Waals surface area (Å²) in [6.07, 6.45) is 0.710. The van der Waals surface area contributed by atoms with E-state index in [9.17, 15) is 9.59 Å². The Kier molecular flexibility index (Phi) is 4.47. The number of nitrogens with zero attached hydrogens (tertiary/aromatic N) is 2. The van der Waals surface area contributed by atoms with Gasteiger partial charge in [-0.05, 0) is 18.6 Å². The van der Waals surface area contributed by atoms with E-state index in [1.165, 1.54) is 4.90 Å². The van der Waals surface area contributed by atoms with E-state index in [0.29, 0.717) is 24.5 Å². The number of urea groups is 1. The third-order valence-electron chi connectivity index (χ3n) is 3.06. The topological polar surface area (TPSA) is 87.8 Å². The molecule has 0 spiro atoms.